The quantitative estimate of drug-likeness (QED) is 0.287. The molecule has 0 bridgehead atoms. The second-order valence-corrected chi connectivity index (χ2v) is 9.10. The molecule has 0 aliphatic rings. The fraction of sp³-hybridized carbons (Fsp3) is 0.111. The summed E-state index contributed by atoms with van der Waals surface area (Å²) in [6.07, 6.45) is 0. The minimum Gasteiger partial charge on any atom is -0.483 e. The molecule has 1 aromatic heterocycles. The summed E-state index contributed by atoms with van der Waals surface area (Å²) >= 11 is 7.47. The zero-order valence-corrected chi connectivity index (χ0v) is 20.2. The first kappa shape index (κ1) is 23.5. The number of thiophene rings is 1. The van der Waals surface area contributed by atoms with Crippen LogP contribution in [0.4, 0.5) is 5.00 Å². The van der Waals surface area contributed by atoms with E-state index in [0.29, 0.717) is 26.9 Å². The molecule has 0 aliphatic heterocycles. The maximum Gasteiger partial charge on any atom is 0.341 e. The van der Waals surface area contributed by atoms with Gasteiger partial charge in [-0.25, -0.2) is 4.79 Å². The Morgan fingerprint density at radius 1 is 0.941 bits per heavy atom. The van der Waals surface area contributed by atoms with Crippen LogP contribution in [0.2, 0.25) is 5.02 Å². The first-order chi connectivity index (χ1) is 16.5. The molecule has 4 aromatic rings. The summed E-state index contributed by atoms with van der Waals surface area (Å²) < 4.78 is 10.9. The summed E-state index contributed by atoms with van der Waals surface area (Å²) in [7, 11) is 1.31. The van der Waals surface area contributed by atoms with Gasteiger partial charge in [0.15, 0.2) is 6.61 Å². The number of ether oxygens (including phenoxy) is 2. The molecule has 0 spiro atoms. The number of halogens is 1. The molecule has 1 N–H and O–H groups in total. The van der Waals surface area contributed by atoms with Crippen molar-refractivity contribution in [2.24, 2.45) is 0 Å². The Morgan fingerprint density at radius 3 is 2.38 bits per heavy atom. The molecule has 0 saturated carbocycles. The van der Waals surface area contributed by atoms with Gasteiger partial charge in [-0.2, -0.15) is 0 Å². The standard InChI is InChI=1S/C27H22ClNO4S/c1-17-24(19-11-8-12-20(28)15-19)25(27(31)32-2)26(34-17)29-23(30)16-33-22-14-7-6-13-21(22)18-9-4-3-5-10-18/h3-15H,16H2,1-2H3,(H,29,30). The molecular formula is C27H22ClNO4S. The molecular weight excluding hydrogens is 470 g/mol. The predicted molar refractivity (Wildman–Crippen MR) is 137 cm³/mol. The van der Waals surface area contributed by atoms with Gasteiger partial charge in [0.2, 0.25) is 0 Å². The number of para-hydroxylation sites is 1. The highest BCUT2D eigenvalue weighted by Gasteiger charge is 2.25. The minimum absolute atomic E-state index is 0.214. The van der Waals surface area contributed by atoms with Crippen LogP contribution in [0, 0.1) is 6.92 Å². The van der Waals surface area contributed by atoms with Gasteiger partial charge in [-0.15, -0.1) is 11.3 Å². The van der Waals surface area contributed by atoms with Gasteiger partial charge in [0.25, 0.3) is 5.91 Å². The topological polar surface area (TPSA) is 64.6 Å². The lowest BCUT2D eigenvalue weighted by molar-refractivity contribution is -0.118. The fourth-order valence-corrected chi connectivity index (χ4v) is 4.95. The van der Waals surface area contributed by atoms with Gasteiger partial charge in [-0.05, 0) is 36.2 Å². The minimum atomic E-state index is -0.537. The highest BCUT2D eigenvalue weighted by molar-refractivity contribution is 7.17. The number of carbonyl (C=O) groups is 2. The van der Waals surface area contributed by atoms with Gasteiger partial charge in [0.05, 0.1) is 7.11 Å². The zero-order chi connectivity index (χ0) is 24.1. The van der Waals surface area contributed by atoms with Crippen molar-refractivity contribution >= 4 is 39.8 Å². The second-order valence-electron chi connectivity index (χ2n) is 7.44. The summed E-state index contributed by atoms with van der Waals surface area (Å²) in [6.45, 7) is 1.67. The number of rotatable bonds is 7. The van der Waals surface area contributed by atoms with Crippen LogP contribution < -0.4 is 10.1 Å². The van der Waals surface area contributed by atoms with E-state index < -0.39 is 5.97 Å². The van der Waals surface area contributed by atoms with Crippen molar-refractivity contribution in [2.45, 2.75) is 6.92 Å². The Bertz CT molecular complexity index is 1330. The van der Waals surface area contributed by atoms with Gasteiger partial charge in [0.1, 0.15) is 16.3 Å². The van der Waals surface area contributed by atoms with Crippen LogP contribution in [-0.2, 0) is 9.53 Å². The van der Waals surface area contributed by atoms with Crippen molar-refractivity contribution < 1.29 is 19.1 Å². The first-order valence-electron chi connectivity index (χ1n) is 10.5. The Labute approximate surface area is 206 Å². The number of anilines is 1. The van der Waals surface area contributed by atoms with Crippen molar-refractivity contribution in [1.82, 2.24) is 0 Å². The van der Waals surface area contributed by atoms with Crippen LogP contribution in [0.5, 0.6) is 5.75 Å². The Balaban J connectivity index is 1.57. The SMILES string of the molecule is COC(=O)c1c(NC(=O)COc2ccccc2-c2ccccc2)sc(C)c1-c1cccc(Cl)c1. The van der Waals surface area contributed by atoms with Crippen LogP contribution in [0.3, 0.4) is 0 Å². The third kappa shape index (κ3) is 5.14. The van der Waals surface area contributed by atoms with Gasteiger partial charge in [-0.1, -0.05) is 72.3 Å². The Hall–Kier alpha value is -3.61. The van der Waals surface area contributed by atoms with Crippen LogP contribution in [-0.4, -0.2) is 25.6 Å². The molecule has 172 valence electrons. The highest BCUT2D eigenvalue weighted by Crippen LogP contribution is 2.41. The summed E-state index contributed by atoms with van der Waals surface area (Å²) in [4.78, 5) is 26.3. The highest BCUT2D eigenvalue weighted by atomic mass is 35.5. The largest absolute Gasteiger partial charge is 0.483 e. The number of nitrogens with one attached hydrogen (secondary N) is 1. The maximum atomic E-state index is 12.8. The smallest absolute Gasteiger partial charge is 0.341 e. The Morgan fingerprint density at radius 2 is 1.65 bits per heavy atom. The van der Waals surface area contributed by atoms with Crippen molar-refractivity contribution in [2.75, 3.05) is 19.0 Å². The maximum absolute atomic E-state index is 12.8. The molecule has 5 nitrogen and oxygen atoms in total. The number of carbonyl (C=O) groups excluding carboxylic acids is 2. The molecule has 0 atom stereocenters. The van der Waals surface area contributed by atoms with Crippen LogP contribution in [0.15, 0.2) is 78.9 Å². The molecule has 7 heteroatoms. The van der Waals surface area contributed by atoms with Gasteiger partial charge >= 0.3 is 5.97 Å². The molecule has 0 aliphatic carbocycles. The fourth-order valence-electron chi connectivity index (χ4n) is 3.68. The lowest BCUT2D eigenvalue weighted by atomic mass is 10.0. The summed E-state index contributed by atoms with van der Waals surface area (Å²) in [5.74, 6) is -0.323. The number of aryl methyl sites for hydroxylation is 1. The summed E-state index contributed by atoms with van der Waals surface area (Å²) in [6, 6.07) is 24.6. The van der Waals surface area contributed by atoms with Gasteiger partial charge in [-0.3, -0.25) is 4.79 Å². The van der Waals surface area contributed by atoms with E-state index in [9.17, 15) is 9.59 Å². The molecule has 0 radical (unpaired) electrons. The molecule has 3 aromatic carbocycles. The number of esters is 1. The third-order valence-electron chi connectivity index (χ3n) is 5.17. The molecule has 0 unspecified atom stereocenters. The predicted octanol–water partition coefficient (Wildman–Crippen LogP) is 6.85. The van der Waals surface area contributed by atoms with Crippen LogP contribution in [0.25, 0.3) is 22.3 Å². The molecule has 4 rings (SSSR count). The number of amides is 1. The van der Waals surface area contributed by atoms with Crippen molar-refractivity contribution in [3.63, 3.8) is 0 Å². The summed E-state index contributed by atoms with van der Waals surface area (Å²) in [5.41, 5.74) is 3.64. The molecule has 1 heterocycles. The monoisotopic (exact) mass is 491 g/mol. The normalized spacial score (nSPS) is 10.6. The van der Waals surface area contributed by atoms with E-state index in [1.165, 1.54) is 18.4 Å². The van der Waals surface area contributed by atoms with Crippen LogP contribution >= 0.6 is 22.9 Å². The summed E-state index contributed by atoms with van der Waals surface area (Å²) in [5, 5.41) is 3.78. The van der Waals surface area contributed by atoms with E-state index in [0.717, 1.165) is 21.6 Å². The number of hydrogen-bond acceptors (Lipinski definition) is 5. The number of benzene rings is 3. The average molecular weight is 492 g/mol. The molecule has 34 heavy (non-hydrogen) atoms. The number of hydrogen-bond donors (Lipinski definition) is 1. The van der Waals surface area contributed by atoms with Gasteiger partial charge < -0.3 is 14.8 Å². The number of methoxy groups -OCH3 is 1. The van der Waals surface area contributed by atoms with Crippen molar-refractivity contribution in [3.8, 4) is 28.0 Å². The van der Waals surface area contributed by atoms with E-state index in [2.05, 4.69) is 5.32 Å². The Kier molecular flexibility index (Phi) is 7.30. The average Bonchev–Trinajstić information content (AvgIpc) is 3.18. The van der Waals surface area contributed by atoms with Crippen LogP contribution in [0.1, 0.15) is 15.2 Å². The van der Waals surface area contributed by atoms with E-state index in [1.54, 1.807) is 12.1 Å². The zero-order valence-electron chi connectivity index (χ0n) is 18.6. The van der Waals surface area contributed by atoms with E-state index >= 15 is 0 Å². The third-order valence-corrected chi connectivity index (χ3v) is 6.43. The second kappa shape index (κ2) is 10.5. The molecule has 0 fully saturated rings. The van der Waals surface area contributed by atoms with E-state index in [1.807, 2.05) is 73.7 Å². The first-order valence-corrected chi connectivity index (χ1v) is 11.7. The molecule has 1 amide bonds. The van der Waals surface area contributed by atoms with Crippen molar-refractivity contribution in [1.29, 1.82) is 0 Å². The van der Waals surface area contributed by atoms with Crippen molar-refractivity contribution in [3.05, 3.63) is 94.3 Å². The molecule has 0 saturated heterocycles. The lowest BCUT2D eigenvalue weighted by Gasteiger charge is -2.12. The van der Waals surface area contributed by atoms with Gasteiger partial charge in [0, 0.05) is 21.0 Å². The van der Waals surface area contributed by atoms with E-state index in [-0.39, 0.29) is 12.5 Å². The lowest BCUT2D eigenvalue weighted by Crippen LogP contribution is -2.21. The van der Waals surface area contributed by atoms with E-state index in [4.69, 9.17) is 21.1 Å².